The first-order chi connectivity index (χ1) is 3.83. The summed E-state index contributed by atoms with van der Waals surface area (Å²) in [5.41, 5.74) is 0. The van der Waals surface area contributed by atoms with E-state index in [1.807, 2.05) is 11.3 Å². The summed E-state index contributed by atoms with van der Waals surface area (Å²) < 4.78 is 1.42. The first kappa shape index (κ1) is 5.89. The molecular formula is C6H9BS. The van der Waals surface area contributed by atoms with E-state index >= 15 is 0 Å². The fourth-order valence-electron chi connectivity index (χ4n) is 0.675. The summed E-state index contributed by atoms with van der Waals surface area (Å²) in [7, 11) is 2.14. The minimum Gasteiger partial charge on any atom is -0.156 e. The lowest BCUT2D eigenvalue weighted by atomic mass is 10.1. The zero-order chi connectivity index (χ0) is 5.98. The lowest BCUT2D eigenvalue weighted by Crippen LogP contribution is -1.88. The monoisotopic (exact) mass is 124 g/mol. The van der Waals surface area contributed by atoms with Crippen molar-refractivity contribution in [1.82, 2.24) is 0 Å². The average molecular weight is 124 g/mol. The van der Waals surface area contributed by atoms with Crippen LogP contribution in [0.3, 0.4) is 0 Å². The number of hydrogen-bond acceptors (Lipinski definition) is 1. The zero-order valence-electron chi connectivity index (χ0n) is 5.27. The summed E-state index contributed by atoms with van der Waals surface area (Å²) in [5.74, 6) is 0. The molecule has 0 nitrogen and oxygen atoms in total. The molecule has 0 atom stereocenters. The van der Waals surface area contributed by atoms with Crippen LogP contribution in [0.25, 0.3) is 0 Å². The highest BCUT2D eigenvalue weighted by atomic mass is 32.1. The Balaban J connectivity index is 2.84. The van der Waals surface area contributed by atoms with Crippen LogP contribution in [-0.2, 0) is 6.42 Å². The highest BCUT2D eigenvalue weighted by Crippen LogP contribution is 2.04. The van der Waals surface area contributed by atoms with Crippen molar-refractivity contribution >= 4 is 24.0 Å². The van der Waals surface area contributed by atoms with Gasteiger partial charge in [-0.1, -0.05) is 13.0 Å². The molecule has 1 aromatic rings. The summed E-state index contributed by atoms with van der Waals surface area (Å²) >= 11 is 1.89. The van der Waals surface area contributed by atoms with E-state index in [1.165, 1.54) is 16.1 Å². The van der Waals surface area contributed by atoms with Crippen LogP contribution in [-0.4, -0.2) is 7.85 Å². The molecule has 0 spiro atoms. The Bertz CT molecular complexity index is 169. The van der Waals surface area contributed by atoms with Gasteiger partial charge in [0.05, 0.1) is 0 Å². The maximum Gasteiger partial charge on any atom is 0.152 e. The Morgan fingerprint density at radius 1 is 1.62 bits per heavy atom. The zero-order valence-corrected chi connectivity index (χ0v) is 6.09. The molecule has 8 heavy (non-hydrogen) atoms. The predicted octanol–water partition coefficient (Wildman–Crippen LogP) is 0.569. The van der Waals surface area contributed by atoms with Crippen molar-refractivity contribution in [2.45, 2.75) is 13.3 Å². The van der Waals surface area contributed by atoms with Gasteiger partial charge in [-0.25, -0.2) is 0 Å². The number of rotatable bonds is 1. The Labute approximate surface area is 55.0 Å². The van der Waals surface area contributed by atoms with Gasteiger partial charge in [0.1, 0.15) is 0 Å². The van der Waals surface area contributed by atoms with E-state index < -0.39 is 0 Å². The highest BCUT2D eigenvalue weighted by Gasteiger charge is 1.89. The number of aryl methyl sites for hydroxylation is 1. The van der Waals surface area contributed by atoms with E-state index in [4.69, 9.17) is 0 Å². The molecule has 0 saturated carbocycles. The van der Waals surface area contributed by atoms with Crippen molar-refractivity contribution in [3.05, 3.63) is 17.0 Å². The van der Waals surface area contributed by atoms with Crippen molar-refractivity contribution in [3.63, 3.8) is 0 Å². The highest BCUT2D eigenvalue weighted by molar-refractivity contribution is 7.20. The normalized spacial score (nSPS) is 9.62. The van der Waals surface area contributed by atoms with Crippen molar-refractivity contribution in [1.29, 1.82) is 0 Å². The molecule has 1 rings (SSSR count). The van der Waals surface area contributed by atoms with Crippen molar-refractivity contribution in [2.24, 2.45) is 0 Å². The molecule has 0 amide bonds. The van der Waals surface area contributed by atoms with Gasteiger partial charge >= 0.3 is 0 Å². The molecule has 1 aromatic heterocycles. The lowest BCUT2D eigenvalue weighted by molar-refractivity contribution is 1.19. The standard InChI is InChI=1S/C6H9BS/c1-2-5-3-4-6(7)8-5/h3-4H,2,7H2,1H3. The van der Waals surface area contributed by atoms with Gasteiger partial charge in [0.15, 0.2) is 7.85 Å². The van der Waals surface area contributed by atoms with E-state index in [0.29, 0.717) is 0 Å². The van der Waals surface area contributed by atoms with Crippen LogP contribution in [0.1, 0.15) is 11.8 Å². The first-order valence-electron chi connectivity index (χ1n) is 2.88. The van der Waals surface area contributed by atoms with E-state index in [2.05, 4.69) is 26.9 Å². The second kappa shape index (κ2) is 2.36. The van der Waals surface area contributed by atoms with Gasteiger partial charge < -0.3 is 0 Å². The van der Waals surface area contributed by atoms with Gasteiger partial charge in [-0.3, -0.25) is 0 Å². The molecule has 0 aliphatic rings. The van der Waals surface area contributed by atoms with Crippen LogP contribution in [0.2, 0.25) is 0 Å². The number of hydrogen-bond donors (Lipinski definition) is 0. The summed E-state index contributed by atoms with van der Waals surface area (Å²) in [6.45, 7) is 2.19. The smallest absolute Gasteiger partial charge is 0.152 e. The molecule has 2 heteroatoms. The molecule has 0 unspecified atom stereocenters. The van der Waals surface area contributed by atoms with Crippen molar-refractivity contribution < 1.29 is 0 Å². The van der Waals surface area contributed by atoms with E-state index in [1.54, 1.807) is 0 Å². The van der Waals surface area contributed by atoms with Crippen LogP contribution in [0.4, 0.5) is 0 Å². The quantitative estimate of drug-likeness (QED) is 0.480. The van der Waals surface area contributed by atoms with E-state index in [9.17, 15) is 0 Å². The maximum atomic E-state index is 2.19. The fourth-order valence-corrected chi connectivity index (χ4v) is 1.51. The van der Waals surface area contributed by atoms with Gasteiger partial charge in [-0.05, 0) is 17.3 Å². The molecule has 0 radical (unpaired) electrons. The maximum absolute atomic E-state index is 2.19. The molecule has 0 fully saturated rings. The van der Waals surface area contributed by atoms with Crippen molar-refractivity contribution in [2.75, 3.05) is 0 Å². The van der Waals surface area contributed by atoms with Crippen LogP contribution in [0.5, 0.6) is 0 Å². The molecule has 0 aromatic carbocycles. The minimum absolute atomic E-state index is 1.18. The SMILES string of the molecule is Bc1ccc(CC)s1. The first-order valence-corrected chi connectivity index (χ1v) is 3.70. The van der Waals surface area contributed by atoms with Gasteiger partial charge in [0, 0.05) is 4.88 Å². The summed E-state index contributed by atoms with van der Waals surface area (Å²) in [6.07, 6.45) is 1.18. The summed E-state index contributed by atoms with van der Waals surface area (Å²) in [6, 6.07) is 4.36. The van der Waals surface area contributed by atoms with Crippen molar-refractivity contribution in [3.8, 4) is 0 Å². The van der Waals surface area contributed by atoms with Crippen LogP contribution >= 0.6 is 11.3 Å². The molecule has 0 aliphatic carbocycles. The Morgan fingerprint density at radius 3 is 2.62 bits per heavy atom. The fraction of sp³-hybridized carbons (Fsp3) is 0.333. The second-order valence-corrected chi connectivity index (χ2v) is 3.24. The van der Waals surface area contributed by atoms with E-state index in [0.717, 1.165) is 0 Å². The topological polar surface area (TPSA) is 0 Å². The third kappa shape index (κ3) is 1.13. The Kier molecular flexibility index (Phi) is 1.74. The number of thiophene rings is 1. The van der Waals surface area contributed by atoms with Crippen LogP contribution in [0, 0.1) is 0 Å². The summed E-state index contributed by atoms with van der Waals surface area (Å²) in [4.78, 5) is 1.49. The molecule has 42 valence electrons. The lowest BCUT2D eigenvalue weighted by Gasteiger charge is -1.80. The second-order valence-electron chi connectivity index (χ2n) is 1.87. The van der Waals surface area contributed by atoms with Crippen LogP contribution in [0.15, 0.2) is 12.1 Å². The molecule has 0 N–H and O–H groups in total. The van der Waals surface area contributed by atoms with Gasteiger partial charge in [0.25, 0.3) is 0 Å². The molecule has 0 bridgehead atoms. The van der Waals surface area contributed by atoms with E-state index in [-0.39, 0.29) is 0 Å². The molecule has 0 saturated heterocycles. The van der Waals surface area contributed by atoms with Crippen LogP contribution < -0.4 is 4.78 Å². The van der Waals surface area contributed by atoms with Gasteiger partial charge in [-0.2, -0.15) is 11.3 Å². The molecule has 1 heterocycles. The van der Waals surface area contributed by atoms with Gasteiger partial charge in [0.2, 0.25) is 0 Å². The third-order valence-electron chi connectivity index (χ3n) is 1.14. The minimum atomic E-state index is 1.18. The molecular weight excluding hydrogens is 115 g/mol. The van der Waals surface area contributed by atoms with Gasteiger partial charge in [-0.15, -0.1) is 0 Å². The Hall–Kier alpha value is -0.235. The Morgan fingerprint density at radius 2 is 2.38 bits per heavy atom. The predicted molar refractivity (Wildman–Crippen MR) is 41.9 cm³/mol. The average Bonchev–Trinajstić information content (AvgIpc) is 2.14. The molecule has 0 aliphatic heterocycles. The summed E-state index contributed by atoms with van der Waals surface area (Å²) in [5, 5.41) is 0. The largest absolute Gasteiger partial charge is 0.156 e. The third-order valence-corrected chi connectivity index (χ3v) is 2.29.